The van der Waals surface area contributed by atoms with Crippen LogP contribution in [0.2, 0.25) is 5.02 Å². The topological polar surface area (TPSA) is 52.6 Å². The van der Waals surface area contributed by atoms with Crippen LogP contribution in [0.5, 0.6) is 0 Å². The average molecular weight is 345 g/mol. The number of aliphatic hydroxyl groups is 1. The number of nitrogens with one attached hydrogen (secondary N) is 1. The molecule has 126 valence electrons. The van der Waals surface area contributed by atoms with Crippen molar-refractivity contribution in [2.24, 2.45) is 0 Å². The second-order valence-electron chi connectivity index (χ2n) is 6.17. The number of hydrogen-bond donors (Lipinski definition) is 2. The van der Waals surface area contributed by atoms with Crippen molar-refractivity contribution in [1.82, 2.24) is 4.90 Å². The molecule has 1 amide bonds. The molecule has 2 aromatic carbocycles. The Bertz CT molecular complexity index is 720. The molecule has 3 rings (SSSR count). The van der Waals surface area contributed by atoms with Gasteiger partial charge in [-0.15, -0.1) is 0 Å². The smallest absolute Gasteiger partial charge is 0.257 e. The molecule has 1 atom stereocenters. The zero-order valence-electron chi connectivity index (χ0n) is 13.4. The van der Waals surface area contributed by atoms with E-state index >= 15 is 0 Å². The van der Waals surface area contributed by atoms with Crippen LogP contribution < -0.4 is 5.32 Å². The monoisotopic (exact) mass is 344 g/mol. The van der Waals surface area contributed by atoms with E-state index in [4.69, 9.17) is 11.6 Å². The summed E-state index contributed by atoms with van der Waals surface area (Å²) in [5, 5.41) is 13.1. The first kappa shape index (κ1) is 17.0. The Morgan fingerprint density at radius 1 is 1.25 bits per heavy atom. The van der Waals surface area contributed by atoms with E-state index < -0.39 is 0 Å². The molecule has 1 heterocycles. The lowest BCUT2D eigenvalue weighted by atomic mass is 10.1. The Balaban J connectivity index is 1.67. The van der Waals surface area contributed by atoms with Crippen LogP contribution in [0.25, 0.3) is 0 Å². The predicted octanol–water partition coefficient (Wildman–Crippen LogP) is 3.55. The maximum atomic E-state index is 12.3. The van der Waals surface area contributed by atoms with Gasteiger partial charge in [-0.25, -0.2) is 0 Å². The second-order valence-corrected chi connectivity index (χ2v) is 6.57. The minimum Gasteiger partial charge on any atom is -0.392 e. The molecule has 0 saturated carbocycles. The van der Waals surface area contributed by atoms with E-state index in [9.17, 15) is 9.90 Å². The van der Waals surface area contributed by atoms with E-state index in [-0.39, 0.29) is 12.0 Å². The molecule has 0 aliphatic carbocycles. The molecular formula is C19H21ClN2O2. The van der Waals surface area contributed by atoms with Gasteiger partial charge in [-0.2, -0.15) is 0 Å². The van der Waals surface area contributed by atoms with Gasteiger partial charge in [-0.05, 0) is 49.2 Å². The highest BCUT2D eigenvalue weighted by atomic mass is 35.5. The van der Waals surface area contributed by atoms with Gasteiger partial charge in [0, 0.05) is 18.8 Å². The van der Waals surface area contributed by atoms with Gasteiger partial charge in [0.25, 0.3) is 5.91 Å². The van der Waals surface area contributed by atoms with Crippen LogP contribution in [0.4, 0.5) is 5.69 Å². The Morgan fingerprint density at radius 2 is 2.08 bits per heavy atom. The minimum atomic E-state index is -0.234. The Labute approximate surface area is 147 Å². The van der Waals surface area contributed by atoms with E-state index in [0.29, 0.717) is 17.1 Å². The van der Waals surface area contributed by atoms with Crippen molar-refractivity contribution in [3.8, 4) is 0 Å². The van der Waals surface area contributed by atoms with Crippen molar-refractivity contribution in [1.29, 1.82) is 0 Å². The fourth-order valence-electron chi connectivity index (χ4n) is 3.02. The molecule has 1 unspecified atom stereocenters. The average Bonchev–Trinajstić information content (AvgIpc) is 2.55. The first-order chi connectivity index (χ1) is 11.6. The van der Waals surface area contributed by atoms with Crippen LogP contribution in [0, 0.1) is 0 Å². The molecule has 4 nitrogen and oxygen atoms in total. The number of aliphatic hydroxyl groups excluding tert-OH is 1. The summed E-state index contributed by atoms with van der Waals surface area (Å²) in [6, 6.07) is 14.8. The zero-order valence-corrected chi connectivity index (χ0v) is 14.2. The van der Waals surface area contributed by atoms with Gasteiger partial charge in [-0.1, -0.05) is 35.9 Å². The van der Waals surface area contributed by atoms with E-state index in [2.05, 4.69) is 10.2 Å². The highest BCUT2D eigenvalue weighted by molar-refractivity contribution is 6.34. The quantitative estimate of drug-likeness (QED) is 0.891. The van der Waals surface area contributed by atoms with Crippen LogP contribution in [-0.4, -0.2) is 35.1 Å². The SMILES string of the molecule is O=C(Nc1cccc(CN2CCCC(O)C2)c1)c1ccccc1Cl. The molecule has 1 aliphatic heterocycles. The summed E-state index contributed by atoms with van der Waals surface area (Å²) >= 11 is 6.07. The fraction of sp³-hybridized carbons (Fsp3) is 0.316. The first-order valence-electron chi connectivity index (χ1n) is 8.17. The fourth-order valence-corrected chi connectivity index (χ4v) is 3.25. The Morgan fingerprint density at radius 3 is 2.88 bits per heavy atom. The summed E-state index contributed by atoms with van der Waals surface area (Å²) in [5.41, 5.74) is 2.32. The van der Waals surface area contributed by atoms with Gasteiger partial charge in [0.15, 0.2) is 0 Å². The third-order valence-electron chi connectivity index (χ3n) is 4.19. The van der Waals surface area contributed by atoms with Gasteiger partial charge in [-0.3, -0.25) is 9.69 Å². The number of carbonyl (C=O) groups is 1. The van der Waals surface area contributed by atoms with Gasteiger partial charge >= 0.3 is 0 Å². The third kappa shape index (κ3) is 4.35. The number of halogens is 1. The van der Waals surface area contributed by atoms with Crippen LogP contribution in [0.15, 0.2) is 48.5 Å². The van der Waals surface area contributed by atoms with Crippen molar-refractivity contribution in [2.75, 3.05) is 18.4 Å². The van der Waals surface area contributed by atoms with Crippen LogP contribution in [-0.2, 0) is 6.54 Å². The minimum absolute atomic E-state index is 0.217. The van der Waals surface area contributed by atoms with Crippen molar-refractivity contribution >= 4 is 23.2 Å². The molecule has 0 spiro atoms. The summed E-state index contributed by atoms with van der Waals surface area (Å²) < 4.78 is 0. The molecule has 24 heavy (non-hydrogen) atoms. The highest BCUT2D eigenvalue weighted by Crippen LogP contribution is 2.19. The Hall–Kier alpha value is -1.88. The molecule has 2 aromatic rings. The van der Waals surface area contributed by atoms with Crippen LogP contribution in [0.1, 0.15) is 28.8 Å². The summed E-state index contributed by atoms with van der Waals surface area (Å²) in [5.74, 6) is -0.217. The summed E-state index contributed by atoms with van der Waals surface area (Å²) in [4.78, 5) is 14.6. The van der Waals surface area contributed by atoms with Crippen molar-refractivity contribution in [3.63, 3.8) is 0 Å². The summed E-state index contributed by atoms with van der Waals surface area (Å²) in [6.07, 6.45) is 1.66. The number of β-amino-alcohol motifs (C(OH)–C–C–N with tert-alkyl or cyclic N) is 1. The number of amides is 1. The maximum Gasteiger partial charge on any atom is 0.257 e. The molecular weight excluding hydrogens is 324 g/mol. The molecule has 1 fully saturated rings. The van der Waals surface area contributed by atoms with E-state index in [1.165, 1.54) is 0 Å². The number of carbonyl (C=O) groups excluding carboxylic acids is 1. The number of likely N-dealkylation sites (tertiary alicyclic amines) is 1. The second kappa shape index (κ2) is 7.79. The number of benzene rings is 2. The van der Waals surface area contributed by atoms with Crippen molar-refractivity contribution in [3.05, 3.63) is 64.7 Å². The van der Waals surface area contributed by atoms with Crippen LogP contribution in [0.3, 0.4) is 0 Å². The molecule has 1 aliphatic rings. The molecule has 1 saturated heterocycles. The number of nitrogens with zero attached hydrogens (tertiary/aromatic N) is 1. The van der Waals surface area contributed by atoms with Crippen LogP contribution >= 0.6 is 11.6 Å². The third-order valence-corrected chi connectivity index (χ3v) is 4.52. The zero-order chi connectivity index (χ0) is 16.9. The van der Waals surface area contributed by atoms with Gasteiger partial charge in [0.05, 0.1) is 16.7 Å². The largest absolute Gasteiger partial charge is 0.392 e. The Kier molecular flexibility index (Phi) is 5.51. The van der Waals surface area contributed by atoms with Crippen molar-refractivity contribution < 1.29 is 9.90 Å². The normalized spacial score (nSPS) is 18.3. The van der Waals surface area contributed by atoms with Gasteiger partial charge < -0.3 is 10.4 Å². The standard InChI is InChI=1S/C19H21ClN2O2/c20-18-9-2-1-8-17(18)19(24)21-15-6-3-5-14(11-15)12-22-10-4-7-16(23)13-22/h1-3,5-6,8-9,11,16,23H,4,7,10,12-13H2,(H,21,24). The summed E-state index contributed by atoms with van der Waals surface area (Å²) in [6.45, 7) is 2.47. The number of rotatable bonds is 4. The molecule has 0 aromatic heterocycles. The summed E-state index contributed by atoms with van der Waals surface area (Å²) in [7, 11) is 0. The lowest BCUT2D eigenvalue weighted by molar-refractivity contribution is 0.0668. The lowest BCUT2D eigenvalue weighted by Gasteiger charge is -2.30. The predicted molar refractivity (Wildman–Crippen MR) is 96.4 cm³/mol. The van der Waals surface area contributed by atoms with Crippen molar-refractivity contribution in [2.45, 2.75) is 25.5 Å². The molecule has 0 radical (unpaired) electrons. The first-order valence-corrected chi connectivity index (χ1v) is 8.55. The van der Waals surface area contributed by atoms with Gasteiger partial charge in [0.1, 0.15) is 0 Å². The highest BCUT2D eigenvalue weighted by Gasteiger charge is 2.17. The maximum absolute atomic E-state index is 12.3. The number of anilines is 1. The van der Waals surface area contributed by atoms with E-state index in [1.54, 1.807) is 24.3 Å². The van der Waals surface area contributed by atoms with E-state index in [1.807, 2.05) is 24.3 Å². The number of piperidine rings is 1. The molecule has 2 N–H and O–H groups in total. The lowest BCUT2D eigenvalue weighted by Crippen LogP contribution is -2.37. The molecule has 5 heteroatoms. The molecule has 0 bridgehead atoms. The van der Waals surface area contributed by atoms with Gasteiger partial charge in [0.2, 0.25) is 0 Å². The van der Waals surface area contributed by atoms with E-state index in [0.717, 1.165) is 37.2 Å². The number of hydrogen-bond acceptors (Lipinski definition) is 3.